The molecule has 0 atom stereocenters. The first-order valence-corrected chi connectivity index (χ1v) is 5.79. The third-order valence-electron chi connectivity index (χ3n) is 2.50. The van der Waals surface area contributed by atoms with Gasteiger partial charge >= 0.3 is 0 Å². The highest BCUT2D eigenvalue weighted by molar-refractivity contribution is 9.10. The molecular weight excluding hydrogens is 259 g/mol. The molecule has 1 aromatic heterocycles. The summed E-state index contributed by atoms with van der Waals surface area (Å²) in [5.74, 6) is -0.00370. The fraction of sp³-hybridized carbons (Fsp3) is 0.545. The van der Waals surface area contributed by atoms with Gasteiger partial charge in [0, 0.05) is 17.2 Å². The molecule has 0 unspecified atom stereocenters. The van der Waals surface area contributed by atoms with E-state index in [-0.39, 0.29) is 11.2 Å². The average Bonchev–Trinajstić information content (AvgIpc) is 2.16. The monoisotopic (exact) mass is 274 g/mol. The maximum absolute atomic E-state index is 13.4. The molecule has 15 heavy (non-hydrogen) atoms. The van der Waals surface area contributed by atoms with Crippen LogP contribution in [0.4, 0.5) is 10.2 Å². The minimum absolute atomic E-state index is 0.154. The first kappa shape index (κ1) is 12.4. The molecule has 0 aliphatic rings. The van der Waals surface area contributed by atoms with Crippen LogP contribution < -0.4 is 5.32 Å². The maximum atomic E-state index is 13.4. The highest BCUT2D eigenvalue weighted by Crippen LogP contribution is 2.22. The van der Waals surface area contributed by atoms with E-state index in [9.17, 15) is 4.39 Å². The minimum Gasteiger partial charge on any atom is -0.367 e. The van der Waals surface area contributed by atoms with E-state index in [0.717, 1.165) is 13.0 Å². The Kier molecular flexibility index (Phi) is 4.08. The Bertz CT molecular complexity index is 339. The summed E-state index contributed by atoms with van der Waals surface area (Å²) in [6.07, 6.45) is 2.63. The molecule has 0 saturated heterocycles. The molecule has 0 aliphatic heterocycles. The van der Waals surface area contributed by atoms with Crippen molar-refractivity contribution in [1.82, 2.24) is 4.98 Å². The SMILES string of the molecule is CCC(C)(C)CNc1ncc(Br)cc1F. The van der Waals surface area contributed by atoms with Crippen molar-refractivity contribution in [2.45, 2.75) is 27.2 Å². The van der Waals surface area contributed by atoms with Crippen LogP contribution in [0.3, 0.4) is 0 Å². The van der Waals surface area contributed by atoms with Crippen molar-refractivity contribution in [3.8, 4) is 0 Å². The minimum atomic E-state index is -0.323. The number of pyridine rings is 1. The van der Waals surface area contributed by atoms with Crippen LogP contribution in [-0.2, 0) is 0 Å². The number of halogens is 2. The average molecular weight is 275 g/mol. The Hall–Kier alpha value is -0.640. The quantitative estimate of drug-likeness (QED) is 0.903. The zero-order chi connectivity index (χ0) is 11.5. The third-order valence-corrected chi connectivity index (χ3v) is 2.93. The first-order valence-electron chi connectivity index (χ1n) is 4.99. The van der Waals surface area contributed by atoms with Crippen LogP contribution in [0.5, 0.6) is 0 Å². The lowest BCUT2D eigenvalue weighted by molar-refractivity contribution is 0.376. The van der Waals surface area contributed by atoms with E-state index < -0.39 is 0 Å². The van der Waals surface area contributed by atoms with Crippen molar-refractivity contribution in [3.05, 3.63) is 22.6 Å². The lowest BCUT2D eigenvalue weighted by Gasteiger charge is -2.23. The first-order chi connectivity index (χ1) is 6.94. The van der Waals surface area contributed by atoms with Crippen molar-refractivity contribution in [2.24, 2.45) is 5.41 Å². The number of anilines is 1. The highest BCUT2D eigenvalue weighted by Gasteiger charge is 2.15. The van der Waals surface area contributed by atoms with Crippen LogP contribution in [0.1, 0.15) is 27.2 Å². The van der Waals surface area contributed by atoms with Crippen LogP contribution in [0.25, 0.3) is 0 Å². The van der Waals surface area contributed by atoms with E-state index in [1.165, 1.54) is 6.07 Å². The Morgan fingerprint density at radius 1 is 1.53 bits per heavy atom. The van der Waals surface area contributed by atoms with E-state index in [0.29, 0.717) is 10.3 Å². The number of aromatic nitrogens is 1. The largest absolute Gasteiger partial charge is 0.367 e. The Labute approximate surface area is 98.4 Å². The normalized spacial score (nSPS) is 11.5. The molecule has 0 saturated carbocycles. The highest BCUT2D eigenvalue weighted by atomic mass is 79.9. The summed E-state index contributed by atoms with van der Waals surface area (Å²) >= 11 is 3.17. The molecule has 1 rings (SSSR count). The maximum Gasteiger partial charge on any atom is 0.166 e. The van der Waals surface area contributed by atoms with Gasteiger partial charge in [0.05, 0.1) is 0 Å². The summed E-state index contributed by atoms with van der Waals surface area (Å²) < 4.78 is 14.0. The van der Waals surface area contributed by atoms with Gasteiger partial charge in [-0.1, -0.05) is 20.8 Å². The number of hydrogen-bond acceptors (Lipinski definition) is 2. The second kappa shape index (κ2) is 4.92. The van der Waals surface area contributed by atoms with Gasteiger partial charge in [-0.2, -0.15) is 0 Å². The van der Waals surface area contributed by atoms with Gasteiger partial charge < -0.3 is 5.32 Å². The van der Waals surface area contributed by atoms with Gasteiger partial charge in [0.15, 0.2) is 11.6 Å². The molecule has 0 amide bonds. The van der Waals surface area contributed by atoms with Crippen LogP contribution in [-0.4, -0.2) is 11.5 Å². The summed E-state index contributed by atoms with van der Waals surface area (Å²) in [6.45, 7) is 7.11. The van der Waals surface area contributed by atoms with Crippen LogP contribution >= 0.6 is 15.9 Å². The molecule has 1 heterocycles. The molecule has 84 valence electrons. The molecular formula is C11H16BrFN2. The number of rotatable bonds is 4. The zero-order valence-corrected chi connectivity index (χ0v) is 10.9. The second-order valence-electron chi connectivity index (χ2n) is 4.36. The van der Waals surface area contributed by atoms with Crippen molar-refractivity contribution >= 4 is 21.7 Å². The predicted molar refractivity (Wildman–Crippen MR) is 64.5 cm³/mol. The summed E-state index contributed by atoms with van der Waals surface area (Å²) in [4.78, 5) is 3.98. The van der Waals surface area contributed by atoms with Gasteiger partial charge in [0.2, 0.25) is 0 Å². The van der Waals surface area contributed by atoms with Gasteiger partial charge in [0.1, 0.15) is 0 Å². The van der Waals surface area contributed by atoms with Crippen LogP contribution in [0.15, 0.2) is 16.7 Å². The summed E-state index contributed by atoms with van der Waals surface area (Å²) in [7, 11) is 0. The predicted octanol–water partition coefficient (Wildman–Crippen LogP) is 3.83. The molecule has 0 fully saturated rings. The summed E-state index contributed by atoms with van der Waals surface area (Å²) in [5, 5.41) is 3.02. The topological polar surface area (TPSA) is 24.9 Å². The molecule has 4 heteroatoms. The van der Waals surface area contributed by atoms with E-state index >= 15 is 0 Å². The van der Waals surface area contributed by atoms with E-state index in [2.05, 4.69) is 47.0 Å². The van der Waals surface area contributed by atoms with Crippen LogP contribution in [0, 0.1) is 11.2 Å². The van der Waals surface area contributed by atoms with E-state index in [1.54, 1.807) is 6.20 Å². The summed E-state index contributed by atoms with van der Waals surface area (Å²) in [6, 6.07) is 1.41. The van der Waals surface area contributed by atoms with Crippen molar-refractivity contribution in [2.75, 3.05) is 11.9 Å². The lowest BCUT2D eigenvalue weighted by atomic mass is 9.90. The fourth-order valence-corrected chi connectivity index (χ4v) is 1.30. The molecule has 0 spiro atoms. The molecule has 0 aromatic carbocycles. The van der Waals surface area contributed by atoms with Gasteiger partial charge in [0.25, 0.3) is 0 Å². The fourth-order valence-electron chi connectivity index (χ4n) is 0.993. The van der Waals surface area contributed by atoms with Gasteiger partial charge in [-0.05, 0) is 33.8 Å². The second-order valence-corrected chi connectivity index (χ2v) is 5.27. The third kappa shape index (κ3) is 3.78. The standard InChI is InChI=1S/C11H16BrFN2/c1-4-11(2,3)7-15-10-9(13)5-8(12)6-14-10/h5-6H,4,7H2,1-3H3,(H,14,15). The number of hydrogen-bond donors (Lipinski definition) is 1. The van der Waals surface area contributed by atoms with E-state index in [4.69, 9.17) is 0 Å². The summed E-state index contributed by atoms with van der Waals surface area (Å²) in [5.41, 5.74) is 0.154. The van der Waals surface area contributed by atoms with Gasteiger partial charge in [-0.15, -0.1) is 0 Å². The van der Waals surface area contributed by atoms with E-state index in [1.807, 2.05) is 0 Å². The lowest BCUT2D eigenvalue weighted by Crippen LogP contribution is -2.22. The zero-order valence-electron chi connectivity index (χ0n) is 9.27. The molecule has 1 N–H and O–H groups in total. The van der Waals surface area contributed by atoms with Gasteiger partial charge in [-0.3, -0.25) is 0 Å². The van der Waals surface area contributed by atoms with Crippen molar-refractivity contribution in [1.29, 1.82) is 0 Å². The molecule has 0 aliphatic carbocycles. The van der Waals surface area contributed by atoms with Gasteiger partial charge in [-0.25, -0.2) is 9.37 Å². The van der Waals surface area contributed by atoms with Crippen LogP contribution in [0.2, 0.25) is 0 Å². The van der Waals surface area contributed by atoms with Crippen molar-refractivity contribution in [3.63, 3.8) is 0 Å². The Morgan fingerprint density at radius 3 is 2.73 bits per heavy atom. The molecule has 2 nitrogen and oxygen atoms in total. The smallest absolute Gasteiger partial charge is 0.166 e. The molecule has 0 bridgehead atoms. The number of nitrogens with one attached hydrogen (secondary N) is 1. The number of nitrogens with zero attached hydrogens (tertiary/aromatic N) is 1. The van der Waals surface area contributed by atoms with Crippen molar-refractivity contribution < 1.29 is 4.39 Å². The Balaban J connectivity index is 2.66. The molecule has 1 aromatic rings. The molecule has 0 radical (unpaired) electrons. The Morgan fingerprint density at radius 2 is 2.20 bits per heavy atom.